The number of aromatic nitrogens is 3. The topological polar surface area (TPSA) is 92.3 Å². The molecule has 1 saturated carbocycles. The molecule has 2 aromatic rings. The first-order chi connectivity index (χ1) is 15.3. The summed E-state index contributed by atoms with van der Waals surface area (Å²) < 4.78 is 62.3. The Morgan fingerprint density at radius 3 is 2.59 bits per heavy atom. The number of ether oxygens (including phenoxy) is 1. The van der Waals surface area contributed by atoms with Gasteiger partial charge in [-0.3, -0.25) is 5.32 Å². The number of rotatable bonds is 5. The van der Waals surface area contributed by atoms with Crippen molar-refractivity contribution in [2.24, 2.45) is 5.92 Å². The number of hydrogen-bond donors (Lipinski definition) is 2. The number of halogens is 4. The van der Waals surface area contributed by atoms with E-state index in [-0.39, 0.29) is 28.3 Å². The summed E-state index contributed by atoms with van der Waals surface area (Å²) in [6, 6.07) is 2.55. The van der Waals surface area contributed by atoms with Gasteiger partial charge in [-0.1, -0.05) is 0 Å². The van der Waals surface area contributed by atoms with Gasteiger partial charge in [0.25, 0.3) is 12.3 Å². The third-order valence-electron chi connectivity index (χ3n) is 5.82. The third kappa shape index (κ3) is 3.72. The predicted octanol–water partition coefficient (Wildman–Crippen LogP) is 3.32. The highest BCUT2D eigenvalue weighted by atomic mass is 19.3. The van der Waals surface area contributed by atoms with Crippen molar-refractivity contribution < 1.29 is 27.1 Å². The van der Waals surface area contributed by atoms with Crippen LogP contribution in [0.1, 0.15) is 30.1 Å². The minimum absolute atomic E-state index is 0.000377. The maximum atomic E-state index is 15.1. The lowest BCUT2D eigenvalue weighted by Gasteiger charge is -2.30. The quantitative estimate of drug-likeness (QED) is 0.673. The highest BCUT2D eigenvalue weighted by Gasteiger charge is 2.48. The van der Waals surface area contributed by atoms with E-state index in [9.17, 15) is 13.6 Å². The number of nitrogens with zero attached hydrogens (tertiary/aromatic N) is 4. The van der Waals surface area contributed by atoms with Crippen LogP contribution in [0.3, 0.4) is 0 Å². The molecular formula is C20H20F4N6O2. The van der Waals surface area contributed by atoms with Gasteiger partial charge in [0.2, 0.25) is 0 Å². The first-order valence-electron chi connectivity index (χ1n) is 10.3. The fraction of sp³-hybridized carbons (Fsp3) is 0.500. The number of fused-ring (bicyclic) bond motifs is 1. The number of carbonyl (C=O) groups is 1. The zero-order chi connectivity index (χ0) is 22.5. The number of nitrogens with one attached hydrogen (secondary N) is 2. The van der Waals surface area contributed by atoms with Gasteiger partial charge in [-0.25, -0.2) is 37.3 Å². The molecule has 0 radical (unpaired) electrons. The minimum atomic E-state index is -3.08. The molecule has 5 rings (SSSR count). The van der Waals surface area contributed by atoms with E-state index in [1.807, 2.05) is 4.90 Å². The SMILES string of the molecule is O=C1Nc2ncnc(-c3cc(C(F)(F)C4CC4)cc(N4CCNCC4)n3)c2[C@H](C(F)F)O1. The van der Waals surface area contributed by atoms with Crippen LogP contribution >= 0.6 is 0 Å². The van der Waals surface area contributed by atoms with Crippen molar-refractivity contribution in [3.05, 3.63) is 29.6 Å². The van der Waals surface area contributed by atoms with E-state index in [2.05, 4.69) is 25.6 Å². The Morgan fingerprint density at radius 1 is 1.16 bits per heavy atom. The molecule has 8 nitrogen and oxygen atoms in total. The van der Waals surface area contributed by atoms with E-state index in [4.69, 9.17) is 4.74 Å². The van der Waals surface area contributed by atoms with Gasteiger partial charge in [0.15, 0.2) is 6.10 Å². The first-order valence-corrected chi connectivity index (χ1v) is 10.3. The molecule has 0 spiro atoms. The lowest BCUT2D eigenvalue weighted by atomic mass is 9.99. The molecule has 2 N–H and O–H groups in total. The number of alkyl halides is 4. The van der Waals surface area contributed by atoms with E-state index in [0.717, 1.165) is 6.33 Å². The van der Waals surface area contributed by atoms with Gasteiger partial charge in [-0.15, -0.1) is 0 Å². The van der Waals surface area contributed by atoms with Crippen LogP contribution in [0.25, 0.3) is 11.4 Å². The Balaban J connectivity index is 1.66. The molecule has 32 heavy (non-hydrogen) atoms. The van der Waals surface area contributed by atoms with Crippen molar-refractivity contribution in [2.45, 2.75) is 31.3 Å². The summed E-state index contributed by atoms with van der Waals surface area (Å²) in [5.41, 5.74) is -0.501. The van der Waals surface area contributed by atoms with Crippen LogP contribution in [-0.2, 0) is 10.7 Å². The Bertz CT molecular complexity index is 1040. The Kier molecular flexibility index (Phi) is 5.11. The van der Waals surface area contributed by atoms with Crippen molar-refractivity contribution in [1.82, 2.24) is 20.3 Å². The second-order valence-corrected chi connectivity index (χ2v) is 8.00. The monoisotopic (exact) mass is 452 g/mol. The molecule has 2 aromatic heterocycles. The minimum Gasteiger partial charge on any atom is -0.435 e. The van der Waals surface area contributed by atoms with Crippen LogP contribution in [0, 0.1) is 5.92 Å². The fourth-order valence-corrected chi connectivity index (χ4v) is 4.01. The van der Waals surface area contributed by atoms with Crippen molar-refractivity contribution in [2.75, 3.05) is 36.4 Å². The molecule has 4 heterocycles. The summed E-state index contributed by atoms with van der Waals surface area (Å²) in [7, 11) is 0. The van der Waals surface area contributed by atoms with Gasteiger partial charge in [-0.05, 0) is 25.0 Å². The van der Waals surface area contributed by atoms with E-state index in [1.165, 1.54) is 12.1 Å². The van der Waals surface area contributed by atoms with Crippen molar-refractivity contribution in [3.63, 3.8) is 0 Å². The molecule has 1 saturated heterocycles. The Morgan fingerprint density at radius 2 is 1.91 bits per heavy atom. The molecule has 1 aliphatic carbocycles. The van der Waals surface area contributed by atoms with E-state index < -0.39 is 30.5 Å². The summed E-state index contributed by atoms with van der Waals surface area (Å²) in [6.07, 6.45) is -4.16. The van der Waals surface area contributed by atoms with Crippen LogP contribution < -0.4 is 15.5 Å². The molecule has 2 fully saturated rings. The van der Waals surface area contributed by atoms with E-state index >= 15 is 8.78 Å². The third-order valence-corrected chi connectivity index (χ3v) is 5.82. The summed E-state index contributed by atoms with van der Waals surface area (Å²) >= 11 is 0. The normalized spacial score (nSPS) is 21.2. The summed E-state index contributed by atoms with van der Waals surface area (Å²) in [6.45, 7) is 2.45. The van der Waals surface area contributed by atoms with Crippen molar-refractivity contribution in [1.29, 1.82) is 0 Å². The molecule has 1 amide bonds. The average Bonchev–Trinajstić information content (AvgIpc) is 3.64. The van der Waals surface area contributed by atoms with E-state index in [1.54, 1.807) is 0 Å². The second-order valence-electron chi connectivity index (χ2n) is 8.00. The number of hydrogen-bond acceptors (Lipinski definition) is 7. The largest absolute Gasteiger partial charge is 0.435 e. The fourth-order valence-electron chi connectivity index (χ4n) is 4.01. The lowest BCUT2D eigenvalue weighted by molar-refractivity contribution is -0.0285. The maximum Gasteiger partial charge on any atom is 0.413 e. The average molecular weight is 452 g/mol. The van der Waals surface area contributed by atoms with Crippen LogP contribution in [0.4, 0.5) is 34.0 Å². The number of carbonyl (C=O) groups excluding carboxylic acids is 1. The zero-order valence-corrected chi connectivity index (χ0v) is 16.8. The number of piperazine rings is 1. The summed E-state index contributed by atoms with van der Waals surface area (Å²) in [4.78, 5) is 26.0. The van der Waals surface area contributed by atoms with Gasteiger partial charge >= 0.3 is 6.09 Å². The van der Waals surface area contributed by atoms with Crippen LogP contribution in [0.5, 0.6) is 0 Å². The highest BCUT2D eigenvalue weighted by molar-refractivity contribution is 5.88. The smallest absolute Gasteiger partial charge is 0.413 e. The number of pyridine rings is 1. The van der Waals surface area contributed by atoms with Gasteiger partial charge in [0, 0.05) is 37.7 Å². The number of amides is 1. The number of anilines is 2. The zero-order valence-electron chi connectivity index (χ0n) is 16.8. The maximum absolute atomic E-state index is 15.1. The molecule has 2 aliphatic heterocycles. The van der Waals surface area contributed by atoms with Gasteiger partial charge in [-0.2, -0.15) is 0 Å². The van der Waals surface area contributed by atoms with Gasteiger partial charge in [0.1, 0.15) is 23.7 Å². The molecular weight excluding hydrogens is 432 g/mol. The van der Waals surface area contributed by atoms with Gasteiger partial charge in [0.05, 0.1) is 11.3 Å². The summed E-state index contributed by atoms with van der Waals surface area (Å²) in [5, 5.41) is 5.45. The van der Waals surface area contributed by atoms with Crippen LogP contribution in [-0.4, -0.2) is 53.6 Å². The predicted molar refractivity (Wildman–Crippen MR) is 106 cm³/mol. The second kappa shape index (κ2) is 7.84. The van der Waals surface area contributed by atoms with Crippen LogP contribution in [0.15, 0.2) is 18.5 Å². The molecule has 12 heteroatoms. The molecule has 1 atom stereocenters. The Hall–Kier alpha value is -3.02. The summed E-state index contributed by atoms with van der Waals surface area (Å²) in [5.74, 6) is -3.67. The van der Waals surface area contributed by atoms with Crippen molar-refractivity contribution >= 4 is 17.7 Å². The molecule has 170 valence electrons. The molecule has 0 aromatic carbocycles. The van der Waals surface area contributed by atoms with Crippen LogP contribution in [0.2, 0.25) is 0 Å². The molecule has 3 aliphatic rings. The molecule has 0 bridgehead atoms. The molecule has 0 unspecified atom stereocenters. The highest BCUT2D eigenvalue weighted by Crippen LogP contribution is 2.51. The standard InChI is InChI=1S/C20H20F4N6O2/c21-17(22)16-14-15(26-9-27-18(14)29-19(31)32-16)12-7-11(20(23,24)10-1-2-10)8-13(28-12)30-5-3-25-4-6-30/h7-10,16-17,25H,1-6H2,(H,26,27,29,31)/t16-/m1/s1. The van der Waals surface area contributed by atoms with E-state index in [0.29, 0.717) is 44.8 Å². The van der Waals surface area contributed by atoms with Gasteiger partial charge < -0.3 is 15.0 Å². The first kappa shape index (κ1) is 20.9. The van der Waals surface area contributed by atoms with Crippen molar-refractivity contribution in [3.8, 4) is 11.4 Å². The lowest BCUT2D eigenvalue weighted by Crippen LogP contribution is -2.44. The Labute approximate surface area is 180 Å². The number of cyclic esters (lactones) is 1.